The molecular formula is C20H18FN3O5. The third-order valence-corrected chi connectivity index (χ3v) is 4.43. The Labute approximate surface area is 164 Å². The van der Waals surface area contributed by atoms with Crippen LogP contribution in [0.25, 0.3) is 11.5 Å². The highest BCUT2D eigenvalue weighted by molar-refractivity contribution is 5.76. The molecule has 1 aliphatic rings. The largest absolute Gasteiger partial charge is 0.486 e. The molecule has 1 amide bonds. The smallest absolute Gasteiger partial charge is 0.437 e. The first-order valence-electron chi connectivity index (χ1n) is 9.02. The fourth-order valence-corrected chi connectivity index (χ4v) is 2.95. The maximum atomic E-state index is 13.0. The van der Waals surface area contributed by atoms with Crippen molar-refractivity contribution in [2.75, 3.05) is 13.2 Å². The molecule has 8 nitrogen and oxygen atoms in total. The van der Waals surface area contributed by atoms with Crippen molar-refractivity contribution < 1.29 is 23.1 Å². The molecule has 0 spiro atoms. The number of ether oxygens (including phenoxy) is 2. The summed E-state index contributed by atoms with van der Waals surface area (Å²) in [7, 11) is 0. The molecule has 4 rings (SSSR count). The van der Waals surface area contributed by atoms with Crippen LogP contribution in [0.15, 0.2) is 51.7 Å². The van der Waals surface area contributed by atoms with Gasteiger partial charge in [-0.15, -0.1) is 5.10 Å². The first-order valence-corrected chi connectivity index (χ1v) is 9.02. The summed E-state index contributed by atoms with van der Waals surface area (Å²) in [6.45, 7) is 2.49. The van der Waals surface area contributed by atoms with Crippen molar-refractivity contribution in [2.24, 2.45) is 0 Å². The Balaban J connectivity index is 1.43. The van der Waals surface area contributed by atoms with Crippen LogP contribution in [0.2, 0.25) is 0 Å². The molecule has 1 aromatic heterocycles. The van der Waals surface area contributed by atoms with Crippen LogP contribution in [0.5, 0.6) is 11.5 Å². The van der Waals surface area contributed by atoms with Gasteiger partial charge in [0, 0.05) is 5.56 Å². The van der Waals surface area contributed by atoms with E-state index in [4.69, 9.17) is 13.9 Å². The van der Waals surface area contributed by atoms with Gasteiger partial charge in [0.1, 0.15) is 25.6 Å². The Morgan fingerprint density at radius 1 is 1.17 bits per heavy atom. The normalized spacial score (nSPS) is 13.7. The Morgan fingerprint density at radius 3 is 2.66 bits per heavy atom. The highest BCUT2D eigenvalue weighted by Gasteiger charge is 2.18. The number of hydrogen-bond acceptors (Lipinski definition) is 6. The average Bonchev–Trinajstić information content (AvgIpc) is 3.08. The molecule has 2 heterocycles. The minimum absolute atomic E-state index is 0.0164. The van der Waals surface area contributed by atoms with Crippen molar-refractivity contribution in [2.45, 2.75) is 19.5 Å². The van der Waals surface area contributed by atoms with Crippen LogP contribution in [-0.2, 0) is 11.3 Å². The number of nitrogens with one attached hydrogen (secondary N) is 1. The second kappa shape index (κ2) is 7.78. The van der Waals surface area contributed by atoms with Gasteiger partial charge >= 0.3 is 5.76 Å². The van der Waals surface area contributed by atoms with Gasteiger partial charge < -0.3 is 19.2 Å². The number of amides is 1. The van der Waals surface area contributed by atoms with Crippen LogP contribution in [0.1, 0.15) is 18.5 Å². The summed E-state index contributed by atoms with van der Waals surface area (Å²) < 4.78 is 30.0. The van der Waals surface area contributed by atoms with Crippen molar-refractivity contribution in [1.82, 2.24) is 15.1 Å². The van der Waals surface area contributed by atoms with E-state index in [1.54, 1.807) is 6.07 Å². The molecule has 0 unspecified atom stereocenters. The van der Waals surface area contributed by atoms with Crippen LogP contribution in [0.3, 0.4) is 0 Å². The van der Waals surface area contributed by atoms with Crippen LogP contribution in [-0.4, -0.2) is 28.9 Å². The second-order valence-electron chi connectivity index (χ2n) is 6.53. The van der Waals surface area contributed by atoms with E-state index in [1.165, 1.54) is 24.3 Å². The van der Waals surface area contributed by atoms with E-state index in [2.05, 4.69) is 10.4 Å². The molecule has 1 atom stereocenters. The molecule has 3 aromatic rings. The number of aromatic nitrogens is 2. The van der Waals surface area contributed by atoms with Crippen molar-refractivity contribution in [3.63, 3.8) is 0 Å². The Morgan fingerprint density at radius 2 is 1.90 bits per heavy atom. The van der Waals surface area contributed by atoms with E-state index in [0.717, 1.165) is 10.2 Å². The Kier molecular flexibility index (Phi) is 5.03. The summed E-state index contributed by atoms with van der Waals surface area (Å²) in [5, 5.41) is 6.81. The van der Waals surface area contributed by atoms with Gasteiger partial charge in [-0.25, -0.2) is 9.18 Å². The second-order valence-corrected chi connectivity index (χ2v) is 6.53. The molecule has 0 saturated carbocycles. The van der Waals surface area contributed by atoms with Gasteiger partial charge in [-0.05, 0) is 48.9 Å². The fraction of sp³-hybridized carbons (Fsp3) is 0.250. The summed E-state index contributed by atoms with van der Waals surface area (Å²) >= 11 is 0. The number of nitrogens with zero attached hydrogens (tertiary/aromatic N) is 2. The first-order chi connectivity index (χ1) is 14.0. The minimum Gasteiger partial charge on any atom is -0.486 e. The first kappa shape index (κ1) is 18.7. The summed E-state index contributed by atoms with van der Waals surface area (Å²) in [6, 6.07) is 10.5. The summed E-state index contributed by atoms with van der Waals surface area (Å²) in [5.41, 5.74) is 1.27. The molecular weight excluding hydrogens is 381 g/mol. The van der Waals surface area contributed by atoms with Crippen molar-refractivity contribution in [3.05, 3.63) is 64.4 Å². The molecule has 29 heavy (non-hydrogen) atoms. The van der Waals surface area contributed by atoms with E-state index in [9.17, 15) is 14.0 Å². The predicted octanol–water partition coefficient (Wildman–Crippen LogP) is 2.29. The molecule has 9 heteroatoms. The molecule has 0 fully saturated rings. The lowest BCUT2D eigenvalue weighted by molar-refractivity contribution is -0.122. The highest BCUT2D eigenvalue weighted by atomic mass is 19.1. The fourth-order valence-electron chi connectivity index (χ4n) is 2.95. The monoisotopic (exact) mass is 399 g/mol. The van der Waals surface area contributed by atoms with Gasteiger partial charge in [-0.1, -0.05) is 6.07 Å². The molecule has 1 N–H and O–H groups in total. The van der Waals surface area contributed by atoms with E-state index < -0.39 is 17.5 Å². The maximum absolute atomic E-state index is 13.0. The molecule has 0 radical (unpaired) electrons. The van der Waals surface area contributed by atoms with Gasteiger partial charge in [0.25, 0.3) is 0 Å². The highest BCUT2D eigenvalue weighted by Crippen LogP contribution is 2.32. The zero-order valence-corrected chi connectivity index (χ0v) is 15.6. The number of rotatable bonds is 5. The number of benzene rings is 2. The minimum atomic E-state index is -0.772. The van der Waals surface area contributed by atoms with Gasteiger partial charge in [0.05, 0.1) is 6.04 Å². The SMILES string of the molecule is C[C@@H](NC(=O)Cn1nc(-c2ccc(F)cc2)oc1=O)c1ccc2c(c1)OCCO2. The molecule has 1 aliphatic heterocycles. The molecule has 0 bridgehead atoms. The Bertz CT molecular complexity index is 1090. The van der Waals surface area contributed by atoms with E-state index in [1.807, 2.05) is 19.1 Å². The van der Waals surface area contributed by atoms with Crippen LogP contribution >= 0.6 is 0 Å². The van der Waals surface area contributed by atoms with Gasteiger partial charge in [0.2, 0.25) is 11.8 Å². The number of carbonyl (C=O) groups is 1. The van der Waals surface area contributed by atoms with Crippen molar-refractivity contribution in [3.8, 4) is 23.0 Å². The van der Waals surface area contributed by atoms with Crippen LogP contribution in [0, 0.1) is 5.82 Å². The Hall–Kier alpha value is -3.62. The standard InChI is InChI=1S/C20H18FN3O5/c1-12(14-4-7-16-17(10-14)28-9-8-27-16)22-18(25)11-24-20(26)29-19(23-24)13-2-5-15(21)6-3-13/h2-7,10,12H,8-9,11H2,1H3,(H,22,25)/t12-/m1/s1. The molecule has 150 valence electrons. The van der Waals surface area contributed by atoms with E-state index in [-0.39, 0.29) is 18.5 Å². The summed E-state index contributed by atoms with van der Waals surface area (Å²) in [5.74, 6) is -0.280. The van der Waals surface area contributed by atoms with Crippen molar-refractivity contribution >= 4 is 5.91 Å². The summed E-state index contributed by atoms with van der Waals surface area (Å²) in [6.07, 6.45) is 0. The van der Waals surface area contributed by atoms with Crippen LogP contribution in [0.4, 0.5) is 4.39 Å². The van der Waals surface area contributed by atoms with Crippen molar-refractivity contribution in [1.29, 1.82) is 0 Å². The van der Waals surface area contributed by atoms with Gasteiger partial charge in [-0.3, -0.25) is 4.79 Å². The van der Waals surface area contributed by atoms with E-state index in [0.29, 0.717) is 30.3 Å². The number of carbonyl (C=O) groups excluding carboxylic acids is 1. The lowest BCUT2D eigenvalue weighted by Gasteiger charge is -2.21. The lowest BCUT2D eigenvalue weighted by Crippen LogP contribution is -2.33. The van der Waals surface area contributed by atoms with Crippen LogP contribution < -0.4 is 20.5 Å². The van der Waals surface area contributed by atoms with E-state index >= 15 is 0 Å². The topological polar surface area (TPSA) is 95.6 Å². The molecule has 2 aromatic carbocycles. The maximum Gasteiger partial charge on any atom is 0.437 e. The average molecular weight is 399 g/mol. The number of fused-ring (bicyclic) bond motifs is 1. The predicted molar refractivity (Wildman–Crippen MR) is 100 cm³/mol. The quantitative estimate of drug-likeness (QED) is 0.707. The molecule has 0 aliphatic carbocycles. The lowest BCUT2D eigenvalue weighted by atomic mass is 10.1. The van der Waals surface area contributed by atoms with Gasteiger partial charge in [-0.2, -0.15) is 4.68 Å². The third-order valence-electron chi connectivity index (χ3n) is 4.43. The summed E-state index contributed by atoms with van der Waals surface area (Å²) in [4.78, 5) is 24.4. The van der Waals surface area contributed by atoms with Gasteiger partial charge in [0.15, 0.2) is 11.5 Å². The molecule has 0 saturated heterocycles. The third kappa shape index (κ3) is 4.13. The zero-order valence-electron chi connectivity index (χ0n) is 15.6. The zero-order chi connectivity index (χ0) is 20.4. The number of halogens is 1. The number of hydrogen-bond donors (Lipinski definition) is 1.